The van der Waals surface area contributed by atoms with Crippen LogP contribution < -0.4 is 5.32 Å². The topological polar surface area (TPSA) is 72.8 Å². The third-order valence-electron chi connectivity index (χ3n) is 2.94. The van der Waals surface area contributed by atoms with E-state index in [-0.39, 0.29) is 6.10 Å². The van der Waals surface area contributed by atoms with Crippen molar-refractivity contribution in [2.45, 2.75) is 38.2 Å². The molecule has 0 unspecified atom stereocenters. The third-order valence-corrected chi connectivity index (χ3v) is 2.94. The molecule has 16 heavy (non-hydrogen) atoms. The number of hydrogen-bond donors (Lipinski definition) is 3. The van der Waals surface area contributed by atoms with Crippen molar-refractivity contribution in [1.82, 2.24) is 10.2 Å². The first-order valence-electron chi connectivity index (χ1n) is 6.07. The average Bonchev–Trinajstić information content (AvgIpc) is 2.32. The molecule has 0 aromatic rings. The number of carboxylic acid groups (broad SMARTS) is 1. The lowest BCUT2D eigenvalue weighted by molar-refractivity contribution is 0.0769. The summed E-state index contributed by atoms with van der Waals surface area (Å²) in [4.78, 5) is 11.6. The minimum Gasteiger partial charge on any atom is -0.465 e. The number of aliphatic hydroxyl groups excluding tert-OH is 1. The predicted molar refractivity (Wildman–Crippen MR) is 61.6 cm³/mol. The molecule has 2 heterocycles. The van der Waals surface area contributed by atoms with Crippen LogP contribution in [0.4, 0.5) is 4.79 Å². The van der Waals surface area contributed by atoms with Crippen LogP contribution in [0.2, 0.25) is 0 Å². The third kappa shape index (κ3) is 5.32. The Kier molecular flexibility index (Phi) is 6.18. The summed E-state index contributed by atoms with van der Waals surface area (Å²) in [5.41, 5.74) is 0. The van der Waals surface area contributed by atoms with Gasteiger partial charge in [0, 0.05) is 13.1 Å². The number of hydrogen-bond acceptors (Lipinski definition) is 3. The molecule has 2 fully saturated rings. The second-order valence-electron chi connectivity index (χ2n) is 4.31. The molecule has 0 radical (unpaired) electrons. The van der Waals surface area contributed by atoms with Crippen molar-refractivity contribution in [2.75, 3.05) is 26.2 Å². The van der Waals surface area contributed by atoms with Crippen LogP contribution in [0.15, 0.2) is 0 Å². The summed E-state index contributed by atoms with van der Waals surface area (Å²) >= 11 is 0. The molecule has 2 aliphatic rings. The van der Waals surface area contributed by atoms with Gasteiger partial charge in [0.2, 0.25) is 0 Å². The highest BCUT2D eigenvalue weighted by molar-refractivity contribution is 5.64. The Morgan fingerprint density at radius 3 is 2.00 bits per heavy atom. The van der Waals surface area contributed by atoms with E-state index in [1.807, 2.05) is 0 Å². The summed E-state index contributed by atoms with van der Waals surface area (Å²) in [5, 5.41) is 20.7. The molecule has 2 aliphatic heterocycles. The molecular weight excluding hydrogens is 208 g/mol. The highest BCUT2D eigenvalue weighted by Crippen LogP contribution is 2.09. The van der Waals surface area contributed by atoms with E-state index in [1.54, 1.807) is 0 Å². The van der Waals surface area contributed by atoms with Gasteiger partial charge >= 0.3 is 6.09 Å². The van der Waals surface area contributed by atoms with E-state index in [2.05, 4.69) is 5.32 Å². The molecule has 2 saturated heterocycles. The number of amides is 1. The van der Waals surface area contributed by atoms with E-state index in [1.165, 1.54) is 37.3 Å². The van der Waals surface area contributed by atoms with Crippen molar-refractivity contribution in [3.8, 4) is 0 Å². The van der Waals surface area contributed by atoms with E-state index in [4.69, 9.17) is 10.2 Å². The Balaban J connectivity index is 0.000000181. The van der Waals surface area contributed by atoms with Crippen molar-refractivity contribution >= 4 is 6.09 Å². The van der Waals surface area contributed by atoms with Gasteiger partial charge in [-0.3, -0.25) is 0 Å². The van der Waals surface area contributed by atoms with Gasteiger partial charge in [-0.05, 0) is 38.8 Å². The first-order valence-corrected chi connectivity index (χ1v) is 6.07. The fourth-order valence-corrected chi connectivity index (χ4v) is 1.86. The van der Waals surface area contributed by atoms with Crippen molar-refractivity contribution in [1.29, 1.82) is 0 Å². The number of aliphatic hydroxyl groups is 1. The summed E-state index contributed by atoms with van der Waals surface area (Å²) in [5.74, 6) is 0. The SMILES string of the molecule is C1CCNCC1.O=C(O)N1CCC(O)CC1. The molecule has 0 spiro atoms. The lowest BCUT2D eigenvalue weighted by Gasteiger charge is -2.26. The van der Waals surface area contributed by atoms with Crippen LogP contribution in [-0.4, -0.2) is 53.5 Å². The molecule has 0 saturated carbocycles. The zero-order chi connectivity index (χ0) is 11.8. The summed E-state index contributed by atoms with van der Waals surface area (Å²) in [6, 6.07) is 0. The van der Waals surface area contributed by atoms with Crippen LogP contribution in [0.1, 0.15) is 32.1 Å². The average molecular weight is 230 g/mol. The molecule has 2 rings (SSSR count). The first-order chi connectivity index (χ1) is 7.70. The molecule has 5 heteroatoms. The molecule has 0 aromatic carbocycles. The summed E-state index contributed by atoms with van der Waals surface area (Å²) < 4.78 is 0. The van der Waals surface area contributed by atoms with Gasteiger partial charge in [-0.1, -0.05) is 6.42 Å². The Labute approximate surface area is 96.4 Å². The highest BCUT2D eigenvalue weighted by Gasteiger charge is 2.19. The number of rotatable bonds is 0. The van der Waals surface area contributed by atoms with Crippen LogP contribution in [-0.2, 0) is 0 Å². The zero-order valence-electron chi connectivity index (χ0n) is 9.69. The zero-order valence-corrected chi connectivity index (χ0v) is 9.69. The first kappa shape index (κ1) is 13.3. The minimum absolute atomic E-state index is 0.296. The van der Waals surface area contributed by atoms with Crippen molar-refractivity contribution < 1.29 is 15.0 Å². The van der Waals surface area contributed by atoms with E-state index < -0.39 is 6.09 Å². The maximum atomic E-state index is 10.3. The van der Waals surface area contributed by atoms with Crippen LogP contribution >= 0.6 is 0 Å². The van der Waals surface area contributed by atoms with E-state index >= 15 is 0 Å². The van der Waals surface area contributed by atoms with Crippen LogP contribution in [0.5, 0.6) is 0 Å². The molecule has 0 aromatic heterocycles. The fraction of sp³-hybridized carbons (Fsp3) is 0.909. The monoisotopic (exact) mass is 230 g/mol. The van der Waals surface area contributed by atoms with Crippen molar-refractivity contribution in [2.24, 2.45) is 0 Å². The normalized spacial score (nSPS) is 22.2. The number of piperidine rings is 2. The standard InChI is InChI=1S/C6H11NO3.C5H11N/c8-5-1-3-7(4-2-5)6(9)10;1-2-4-6-5-3-1/h5,8H,1-4H2,(H,9,10);6H,1-5H2. The number of nitrogens with one attached hydrogen (secondary N) is 1. The van der Waals surface area contributed by atoms with Crippen LogP contribution in [0.25, 0.3) is 0 Å². The molecule has 1 amide bonds. The summed E-state index contributed by atoms with van der Waals surface area (Å²) in [7, 11) is 0. The fourth-order valence-electron chi connectivity index (χ4n) is 1.86. The number of nitrogens with zero attached hydrogens (tertiary/aromatic N) is 1. The van der Waals surface area contributed by atoms with E-state index in [9.17, 15) is 4.79 Å². The molecule has 0 bridgehead atoms. The smallest absolute Gasteiger partial charge is 0.407 e. The molecule has 3 N–H and O–H groups in total. The maximum absolute atomic E-state index is 10.3. The van der Waals surface area contributed by atoms with E-state index in [0.29, 0.717) is 25.9 Å². The Hall–Kier alpha value is -0.810. The lowest BCUT2D eigenvalue weighted by Crippen LogP contribution is -2.39. The van der Waals surface area contributed by atoms with Gasteiger partial charge in [0.15, 0.2) is 0 Å². The number of carbonyl (C=O) groups is 1. The molecule has 0 aliphatic carbocycles. The molecular formula is C11H22N2O3. The highest BCUT2D eigenvalue weighted by atomic mass is 16.4. The molecule has 5 nitrogen and oxygen atoms in total. The van der Waals surface area contributed by atoms with Crippen LogP contribution in [0, 0.1) is 0 Å². The number of likely N-dealkylation sites (tertiary alicyclic amines) is 1. The lowest BCUT2D eigenvalue weighted by atomic mass is 10.1. The largest absolute Gasteiger partial charge is 0.465 e. The minimum atomic E-state index is -0.883. The summed E-state index contributed by atoms with van der Waals surface area (Å²) in [6.45, 7) is 3.44. The van der Waals surface area contributed by atoms with Crippen LogP contribution in [0.3, 0.4) is 0 Å². The van der Waals surface area contributed by atoms with Gasteiger partial charge in [0.1, 0.15) is 0 Å². The Morgan fingerprint density at radius 1 is 1.12 bits per heavy atom. The quantitative estimate of drug-likeness (QED) is 0.577. The molecule has 94 valence electrons. The molecule has 0 atom stereocenters. The van der Waals surface area contributed by atoms with Crippen molar-refractivity contribution in [3.63, 3.8) is 0 Å². The second kappa shape index (κ2) is 7.46. The van der Waals surface area contributed by atoms with Gasteiger partial charge in [-0.15, -0.1) is 0 Å². The van der Waals surface area contributed by atoms with Gasteiger partial charge in [0.05, 0.1) is 6.10 Å². The summed E-state index contributed by atoms with van der Waals surface area (Å²) in [6.07, 6.45) is 4.19. The van der Waals surface area contributed by atoms with E-state index in [0.717, 1.165) is 0 Å². The van der Waals surface area contributed by atoms with Crippen molar-refractivity contribution in [3.05, 3.63) is 0 Å². The maximum Gasteiger partial charge on any atom is 0.407 e. The van der Waals surface area contributed by atoms with Gasteiger partial charge in [-0.25, -0.2) is 4.79 Å². The second-order valence-corrected chi connectivity index (χ2v) is 4.31. The van der Waals surface area contributed by atoms with Gasteiger partial charge in [0.25, 0.3) is 0 Å². The Bertz CT molecular complexity index is 188. The van der Waals surface area contributed by atoms with Gasteiger partial charge < -0.3 is 20.4 Å². The Morgan fingerprint density at radius 2 is 1.69 bits per heavy atom. The van der Waals surface area contributed by atoms with Gasteiger partial charge in [-0.2, -0.15) is 0 Å². The predicted octanol–water partition coefficient (Wildman–Crippen LogP) is 0.881.